The predicted molar refractivity (Wildman–Crippen MR) is 71.5 cm³/mol. The van der Waals surface area contributed by atoms with Crippen LogP contribution >= 0.6 is 11.3 Å². The highest BCUT2D eigenvalue weighted by Crippen LogP contribution is 2.23. The molecule has 1 heterocycles. The smallest absolute Gasteiger partial charge is 0.346 e. The lowest BCUT2D eigenvalue weighted by Gasteiger charge is -2.08. The minimum atomic E-state index is -0.915. The van der Waals surface area contributed by atoms with Crippen LogP contribution in [0.1, 0.15) is 26.4 Å². The van der Waals surface area contributed by atoms with Crippen LogP contribution in [0.15, 0.2) is 29.6 Å². The third-order valence-corrected chi connectivity index (χ3v) is 3.58. The largest absolute Gasteiger partial charge is 0.488 e. The monoisotopic (exact) mass is 262 g/mol. The van der Waals surface area contributed by atoms with E-state index in [1.54, 1.807) is 11.4 Å². The van der Waals surface area contributed by atoms with E-state index in [1.807, 2.05) is 13.8 Å². The number of rotatable bonds is 4. The zero-order chi connectivity index (χ0) is 13.1. The zero-order valence-corrected chi connectivity index (χ0v) is 11.1. The van der Waals surface area contributed by atoms with Gasteiger partial charge in [-0.05, 0) is 25.0 Å². The minimum Gasteiger partial charge on any atom is -0.488 e. The number of aryl methyl sites for hydroxylation is 2. The molecular formula is C14H14O3S. The lowest BCUT2D eigenvalue weighted by molar-refractivity contribution is 0.0702. The molecule has 0 atom stereocenters. The van der Waals surface area contributed by atoms with Gasteiger partial charge in [-0.1, -0.05) is 23.8 Å². The van der Waals surface area contributed by atoms with Gasteiger partial charge in [-0.3, -0.25) is 0 Å². The van der Waals surface area contributed by atoms with E-state index >= 15 is 0 Å². The molecule has 1 aromatic heterocycles. The van der Waals surface area contributed by atoms with Crippen molar-refractivity contribution < 1.29 is 14.6 Å². The van der Waals surface area contributed by atoms with Crippen LogP contribution in [-0.2, 0) is 6.61 Å². The molecule has 18 heavy (non-hydrogen) atoms. The predicted octanol–water partition coefficient (Wildman–Crippen LogP) is 3.64. The first kappa shape index (κ1) is 12.6. The Morgan fingerprint density at radius 2 is 2.11 bits per heavy atom. The summed E-state index contributed by atoms with van der Waals surface area (Å²) in [6, 6.07) is 7.76. The van der Waals surface area contributed by atoms with E-state index in [1.165, 1.54) is 22.5 Å². The summed E-state index contributed by atoms with van der Waals surface area (Å²) in [7, 11) is 0. The van der Waals surface area contributed by atoms with Crippen molar-refractivity contribution in [3.63, 3.8) is 0 Å². The van der Waals surface area contributed by atoms with Crippen molar-refractivity contribution in [3.8, 4) is 5.75 Å². The molecule has 2 rings (SSSR count). The van der Waals surface area contributed by atoms with Gasteiger partial charge in [-0.25, -0.2) is 4.79 Å². The number of hydrogen-bond acceptors (Lipinski definition) is 3. The first-order valence-corrected chi connectivity index (χ1v) is 6.45. The molecular weight excluding hydrogens is 248 g/mol. The second-order valence-electron chi connectivity index (χ2n) is 4.17. The van der Waals surface area contributed by atoms with Crippen LogP contribution in [0, 0.1) is 13.8 Å². The molecule has 94 valence electrons. The van der Waals surface area contributed by atoms with E-state index in [0.29, 0.717) is 17.2 Å². The molecule has 0 aliphatic heterocycles. The summed E-state index contributed by atoms with van der Waals surface area (Å²) in [5, 5.41) is 10.5. The lowest BCUT2D eigenvalue weighted by Crippen LogP contribution is -1.98. The number of thiophene rings is 1. The SMILES string of the molecule is Cc1ccc(C)c(COc2csc(C(=O)O)c2)c1. The van der Waals surface area contributed by atoms with Crippen LogP contribution in [0.3, 0.4) is 0 Å². The van der Waals surface area contributed by atoms with E-state index in [2.05, 4.69) is 18.2 Å². The van der Waals surface area contributed by atoms with Crippen LogP contribution in [-0.4, -0.2) is 11.1 Å². The van der Waals surface area contributed by atoms with Crippen molar-refractivity contribution in [1.82, 2.24) is 0 Å². The molecule has 0 aliphatic rings. The maximum absolute atomic E-state index is 10.7. The molecule has 3 nitrogen and oxygen atoms in total. The van der Waals surface area contributed by atoms with Gasteiger partial charge in [0.05, 0.1) is 0 Å². The van der Waals surface area contributed by atoms with Crippen LogP contribution in [0.5, 0.6) is 5.75 Å². The molecule has 4 heteroatoms. The Bertz CT molecular complexity index is 572. The van der Waals surface area contributed by atoms with Gasteiger partial charge in [-0.2, -0.15) is 0 Å². The fourth-order valence-corrected chi connectivity index (χ4v) is 2.29. The summed E-state index contributed by atoms with van der Waals surface area (Å²) in [4.78, 5) is 11.0. The molecule has 0 fully saturated rings. The van der Waals surface area contributed by atoms with E-state index in [4.69, 9.17) is 9.84 Å². The highest BCUT2D eigenvalue weighted by atomic mass is 32.1. The second kappa shape index (κ2) is 5.23. The topological polar surface area (TPSA) is 46.5 Å². The van der Waals surface area contributed by atoms with Gasteiger partial charge < -0.3 is 9.84 Å². The number of carboxylic acid groups (broad SMARTS) is 1. The average molecular weight is 262 g/mol. The van der Waals surface area contributed by atoms with Crippen LogP contribution in [0.25, 0.3) is 0 Å². The second-order valence-corrected chi connectivity index (χ2v) is 5.08. The van der Waals surface area contributed by atoms with Crippen molar-refractivity contribution in [2.45, 2.75) is 20.5 Å². The van der Waals surface area contributed by atoms with Crippen molar-refractivity contribution in [1.29, 1.82) is 0 Å². The highest BCUT2D eigenvalue weighted by Gasteiger charge is 2.08. The van der Waals surface area contributed by atoms with Gasteiger partial charge in [-0.15, -0.1) is 11.3 Å². The minimum absolute atomic E-state index is 0.297. The number of carbonyl (C=O) groups is 1. The Morgan fingerprint density at radius 3 is 2.78 bits per heavy atom. The standard InChI is InChI=1S/C14H14O3S/c1-9-3-4-10(2)11(5-9)7-17-12-6-13(14(15)16)18-8-12/h3-6,8H,7H2,1-2H3,(H,15,16). The van der Waals surface area contributed by atoms with Gasteiger partial charge in [0.2, 0.25) is 0 Å². The molecule has 1 aromatic carbocycles. The summed E-state index contributed by atoms with van der Waals surface area (Å²) >= 11 is 1.18. The molecule has 1 N–H and O–H groups in total. The summed E-state index contributed by atoms with van der Waals surface area (Å²) in [6.45, 7) is 4.54. The molecule has 0 bridgehead atoms. The molecule has 0 aliphatic carbocycles. The normalized spacial score (nSPS) is 10.3. The van der Waals surface area contributed by atoms with Gasteiger partial charge in [0.15, 0.2) is 0 Å². The van der Waals surface area contributed by atoms with Crippen LogP contribution < -0.4 is 4.74 Å². The fraction of sp³-hybridized carbons (Fsp3) is 0.214. The Hall–Kier alpha value is -1.81. The Balaban J connectivity index is 2.06. The summed E-state index contributed by atoms with van der Waals surface area (Å²) in [6.07, 6.45) is 0. The average Bonchev–Trinajstić information content (AvgIpc) is 2.79. The molecule has 0 radical (unpaired) electrons. The third kappa shape index (κ3) is 2.90. The fourth-order valence-electron chi connectivity index (χ4n) is 1.62. The van der Waals surface area contributed by atoms with Crippen LogP contribution in [0.4, 0.5) is 0 Å². The van der Waals surface area contributed by atoms with Crippen molar-refractivity contribution >= 4 is 17.3 Å². The maximum Gasteiger partial charge on any atom is 0.346 e. The molecule has 0 unspecified atom stereocenters. The molecule has 0 saturated carbocycles. The zero-order valence-electron chi connectivity index (χ0n) is 10.3. The maximum atomic E-state index is 10.7. The number of benzene rings is 1. The van der Waals surface area contributed by atoms with E-state index < -0.39 is 5.97 Å². The van der Waals surface area contributed by atoms with Crippen LogP contribution in [0.2, 0.25) is 0 Å². The quantitative estimate of drug-likeness (QED) is 0.915. The molecule has 2 aromatic rings. The van der Waals surface area contributed by atoms with Crippen molar-refractivity contribution in [3.05, 3.63) is 51.2 Å². The van der Waals surface area contributed by atoms with E-state index in [9.17, 15) is 4.79 Å². The molecule has 0 spiro atoms. The first-order chi connectivity index (χ1) is 8.56. The number of hydrogen-bond donors (Lipinski definition) is 1. The third-order valence-electron chi connectivity index (χ3n) is 2.69. The van der Waals surface area contributed by atoms with Crippen molar-refractivity contribution in [2.75, 3.05) is 0 Å². The Kier molecular flexibility index (Phi) is 3.67. The number of ether oxygens (including phenoxy) is 1. The van der Waals surface area contributed by atoms with Crippen molar-refractivity contribution in [2.24, 2.45) is 0 Å². The summed E-state index contributed by atoms with van der Waals surface area (Å²) < 4.78 is 5.61. The number of carboxylic acids is 1. The first-order valence-electron chi connectivity index (χ1n) is 5.57. The number of aromatic carboxylic acids is 1. The highest BCUT2D eigenvalue weighted by molar-refractivity contribution is 7.12. The molecule has 0 saturated heterocycles. The lowest BCUT2D eigenvalue weighted by atomic mass is 10.1. The van der Waals surface area contributed by atoms with E-state index in [0.717, 1.165) is 5.56 Å². The van der Waals surface area contributed by atoms with Gasteiger partial charge in [0, 0.05) is 11.4 Å². The van der Waals surface area contributed by atoms with Gasteiger partial charge >= 0.3 is 5.97 Å². The molecule has 0 amide bonds. The Morgan fingerprint density at radius 1 is 1.33 bits per heavy atom. The van der Waals surface area contributed by atoms with Gasteiger partial charge in [0.25, 0.3) is 0 Å². The summed E-state index contributed by atoms with van der Waals surface area (Å²) in [5.41, 5.74) is 3.49. The van der Waals surface area contributed by atoms with E-state index in [-0.39, 0.29) is 0 Å². The van der Waals surface area contributed by atoms with Gasteiger partial charge in [0.1, 0.15) is 17.2 Å². The Labute approximate surface area is 110 Å². The summed E-state index contributed by atoms with van der Waals surface area (Å²) in [5.74, 6) is -0.306.